The standard InChI is InChI=1S/C37H40N3O7.V/c1-2-32-33(27-8-12-30(41)13-9-27)25-38-26-34(32)28-10-14-31(15-11-28)46-23-22-45-21-20-44-19-18-43-17-16-39-37(42)36-24-35(40-47-36)29-6-4-3-5-7-29;/h4,6-15,24,26,41H,2-3,5,16-23H2,1H3,(H,39,42);/q-1;. The number of hydrogen-bond acceptors (Lipinski definition) is 9. The summed E-state index contributed by atoms with van der Waals surface area (Å²) in [5, 5.41) is 16.4. The Morgan fingerprint density at radius 2 is 1.60 bits per heavy atom. The van der Waals surface area contributed by atoms with E-state index in [0.717, 1.165) is 58.4 Å². The molecule has 2 aromatic heterocycles. The van der Waals surface area contributed by atoms with Gasteiger partial charge in [-0.15, -0.1) is 11.1 Å². The maximum Gasteiger partial charge on any atom is 0.289 e. The van der Waals surface area contributed by atoms with E-state index in [1.807, 2.05) is 48.7 Å². The molecule has 2 heterocycles. The van der Waals surface area contributed by atoms with Crippen LogP contribution in [0.15, 0.2) is 83.5 Å². The van der Waals surface area contributed by atoms with E-state index in [-0.39, 0.29) is 36.0 Å². The smallest absolute Gasteiger partial charge is 0.289 e. The van der Waals surface area contributed by atoms with Gasteiger partial charge >= 0.3 is 0 Å². The van der Waals surface area contributed by atoms with Gasteiger partial charge in [-0.2, -0.15) is 0 Å². The number of amides is 1. The van der Waals surface area contributed by atoms with Crippen molar-refractivity contribution in [3.05, 3.63) is 102 Å². The summed E-state index contributed by atoms with van der Waals surface area (Å²) in [6, 6.07) is 16.7. The molecule has 1 aliphatic carbocycles. The average Bonchev–Trinajstić information content (AvgIpc) is 3.62. The van der Waals surface area contributed by atoms with E-state index in [1.54, 1.807) is 18.2 Å². The average molecular weight is 690 g/mol. The Morgan fingerprint density at radius 3 is 2.29 bits per heavy atom. The van der Waals surface area contributed by atoms with Crippen molar-refractivity contribution in [2.24, 2.45) is 0 Å². The fourth-order valence-corrected chi connectivity index (χ4v) is 5.06. The number of nitrogens with zero attached hydrogens (tertiary/aromatic N) is 2. The SMILES string of the molecule is CCc1c(-c2ccc(O)cc2)[c-]ncc1-c1ccc(OCCOCCOCCOCCNC(=O)c2cc(C3=CCCC=C3)no2)cc1.[V]. The van der Waals surface area contributed by atoms with Gasteiger partial charge in [0.1, 0.15) is 23.8 Å². The molecule has 11 heteroatoms. The number of carbonyl (C=O) groups excluding carboxylic acids is 1. The third-order valence-electron chi connectivity index (χ3n) is 7.47. The van der Waals surface area contributed by atoms with Crippen LogP contribution in [0.5, 0.6) is 11.5 Å². The number of rotatable bonds is 18. The van der Waals surface area contributed by atoms with Crippen molar-refractivity contribution in [3.63, 3.8) is 0 Å². The summed E-state index contributed by atoms with van der Waals surface area (Å²) in [6.07, 6.45) is 13.9. The monoisotopic (exact) mass is 689 g/mol. The van der Waals surface area contributed by atoms with Gasteiger partial charge in [-0.3, -0.25) is 4.79 Å². The second-order valence-corrected chi connectivity index (χ2v) is 10.7. The van der Waals surface area contributed by atoms with Crippen LogP contribution in [0, 0.1) is 6.20 Å². The molecule has 4 aromatic rings. The van der Waals surface area contributed by atoms with E-state index >= 15 is 0 Å². The van der Waals surface area contributed by atoms with Gasteiger partial charge in [0, 0.05) is 31.2 Å². The molecule has 0 saturated carbocycles. The number of aromatic hydroxyl groups is 1. The number of phenolic OH excluding ortho intramolecular Hbond substituents is 1. The summed E-state index contributed by atoms with van der Waals surface area (Å²) in [6.45, 7) is 5.43. The molecule has 1 amide bonds. The van der Waals surface area contributed by atoms with Crippen LogP contribution in [0.2, 0.25) is 0 Å². The van der Waals surface area contributed by atoms with Crippen LogP contribution in [-0.2, 0) is 39.2 Å². The van der Waals surface area contributed by atoms with Crippen LogP contribution in [0.3, 0.4) is 0 Å². The van der Waals surface area contributed by atoms with Gasteiger partial charge in [-0.05, 0) is 60.6 Å². The zero-order chi connectivity index (χ0) is 32.7. The Kier molecular flexibility index (Phi) is 15.0. The van der Waals surface area contributed by atoms with E-state index in [9.17, 15) is 9.90 Å². The summed E-state index contributed by atoms with van der Waals surface area (Å²) in [5.74, 6) is 0.846. The van der Waals surface area contributed by atoms with Crippen molar-refractivity contribution in [2.75, 3.05) is 52.8 Å². The first-order valence-corrected chi connectivity index (χ1v) is 15.9. The normalized spacial score (nSPS) is 12.3. The van der Waals surface area contributed by atoms with Crippen LogP contribution in [-0.4, -0.2) is 73.9 Å². The van der Waals surface area contributed by atoms with E-state index < -0.39 is 0 Å². The zero-order valence-corrected chi connectivity index (χ0v) is 28.4. The number of ether oxygens (including phenoxy) is 4. The molecule has 2 aromatic carbocycles. The Morgan fingerprint density at radius 1 is 0.917 bits per heavy atom. The Balaban J connectivity index is 0.00000520. The van der Waals surface area contributed by atoms with Gasteiger partial charge in [0.05, 0.1) is 39.6 Å². The molecule has 1 radical (unpaired) electrons. The van der Waals surface area contributed by atoms with E-state index in [2.05, 4.69) is 40.7 Å². The molecule has 0 saturated heterocycles. The van der Waals surface area contributed by atoms with Gasteiger partial charge < -0.3 is 38.9 Å². The molecule has 10 nitrogen and oxygen atoms in total. The molecule has 0 unspecified atom stereocenters. The Bertz CT molecular complexity index is 1640. The summed E-state index contributed by atoms with van der Waals surface area (Å²) < 4.78 is 27.7. The minimum Gasteiger partial charge on any atom is -0.508 e. The fourth-order valence-electron chi connectivity index (χ4n) is 5.06. The number of aromatic nitrogens is 2. The van der Waals surface area contributed by atoms with Crippen molar-refractivity contribution in [1.82, 2.24) is 15.5 Å². The minimum absolute atomic E-state index is 0. The van der Waals surface area contributed by atoms with Crippen LogP contribution >= 0.6 is 0 Å². The quantitative estimate of drug-likeness (QED) is 0.0948. The number of benzene rings is 2. The van der Waals surface area contributed by atoms with Gasteiger partial charge in [0.25, 0.3) is 5.91 Å². The molecule has 251 valence electrons. The van der Waals surface area contributed by atoms with Crippen molar-refractivity contribution < 1.29 is 51.9 Å². The van der Waals surface area contributed by atoms with E-state index in [1.165, 1.54) is 0 Å². The van der Waals surface area contributed by atoms with Gasteiger partial charge in [-0.25, -0.2) is 0 Å². The molecule has 0 fully saturated rings. The van der Waals surface area contributed by atoms with Crippen LogP contribution in [0.25, 0.3) is 27.8 Å². The van der Waals surface area contributed by atoms with Gasteiger partial charge in [-0.1, -0.05) is 72.1 Å². The molecule has 1 aliphatic rings. The maximum absolute atomic E-state index is 12.3. The van der Waals surface area contributed by atoms with Gasteiger partial charge in [0.2, 0.25) is 5.76 Å². The largest absolute Gasteiger partial charge is 0.508 e. The Labute approximate surface area is 293 Å². The molecule has 2 N–H and O–H groups in total. The molecular formula is C37H40N3O7V-. The van der Waals surface area contributed by atoms with Crippen molar-refractivity contribution in [2.45, 2.75) is 26.2 Å². The molecule has 0 bridgehead atoms. The second kappa shape index (κ2) is 19.6. The third kappa shape index (κ3) is 10.7. The molecule has 48 heavy (non-hydrogen) atoms. The van der Waals surface area contributed by atoms with E-state index in [4.69, 9.17) is 23.5 Å². The van der Waals surface area contributed by atoms with Gasteiger partial charge in [0.15, 0.2) is 0 Å². The third-order valence-corrected chi connectivity index (χ3v) is 7.47. The van der Waals surface area contributed by atoms with Crippen molar-refractivity contribution in [3.8, 4) is 33.8 Å². The van der Waals surface area contributed by atoms with Crippen LogP contribution in [0.4, 0.5) is 0 Å². The fraction of sp³-hybridized carbons (Fsp3) is 0.324. The summed E-state index contributed by atoms with van der Waals surface area (Å²) >= 11 is 0. The number of nitrogens with one attached hydrogen (secondary N) is 1. The second-order valence-electron chi connectivity index (χ2n) is 10.7. The number of pyridine rings is 1. The number of phenols is 1. The van der Waals surface area contributed by atoms with Crippen LogP contribution in [0.1, 0.15) is 41.6 Å². The molecular weight excluding hydrogens is 649 g/mol. The first-order chi connectivity index (χ1) is 23.1. The van der Waals surface area contributed by atoms with E-state index in [0.29, 0.717) is 58.5 Å². The minimum atomic E-state index is -0.322. The van der Waals surface area contributed by atoms with Crippen molar-refractivity contribution in [1.29, 1.82) is 0 Å². The van der Waals surface area contributed by atoms with Crippen molar-refractivity contribution >= 4 is 11.5 Å². The topological polar surface area (TPSA) is 125 Å². The first-order valence-electron chi connectivity index (χ1n) is 15.9. The summed E-state index contributed by atoms with van der Waals surface area (Å²) in [5.41, 5.74) is 6.77. The summed E-state index contributed by atoms with van der Waals surface area (Å²) in [4.78, 5) is 16.6. The molecule has 5 rings (SSSR count). The Hall–Kier alpha value is -4.19. The predicted octanol–water partition coefficient (Wildman–Crippen LogP) is 6.06. The predicted molar refractivity (Wildman–Crippen MR) is 178 cm³/mol. The number of allylic oxidation sites excluding steroid dienone is 4. The molecule has 0 spiro atoms. The maximum atomic E-state index is 12.3. The first kappa shape index (κ1) is 36.6. The van der Waals surface area contributed by atoms with Crippen LogP contribution < -0.4 is 10.1 Å². The number of carbonyl (C=O) groups is 1. The summed E-state index contributed by atoms with van der Waals surface area (Å²) in [7, 11) is 0. The molecule has 0 atom stereocenters. The number of hydrogen-bond donors (Lipinski definition) is 2. The zero-order valence-electron chi connectivity index (χ0n) is 27.0. The molecule has 0 aliphatic heterocycles.